The zero-order chi connectivity index (χ0) is 14.7. The molecule has 0 spiro atoms. The highest BCUT2D eigenvalue weighted by atomic mass is 14.8. The van der Waals surface area contributed by atoms with Crippen LogP contribution in [0.25, 0.3) is 17.3 Å². The van der Waals surface area contributed by atoms with Crippen molar-refractivity contribution in [1.82, 2.24) is 9.97 Å². The van der Waals surface area contributed by atoms with Crippen molar-refractivity contribution in [2.45, 2.75) is 26.7 Å². The molecule has 2 heteroatoms. The first kappa shape index (κ1) is 13.5. The number of fused-ring (bicyclic) bond motifs is 1. The highest BCUT2D eigenvalue weighted by molar-refractivity contribution is 5.65. The van der Waals surface area contributed by atoms with Crippen LogP contribution in [0, 0.1) is 6.92 Å². The smallest absolute Gasteiger partial charge is 0.0921 e. The zero-order valence-electron chi connectivity index (χ0n) is 12.4. The van der Waals surface area contributed by atoms with E-state index in [-0.39, 0.29) is 0 Å². The highest BCUT2D eigenvalue weighted by Crippen LogP contribution is 2.25. The monoisotopic (exact) mass is 274 g/mol. The van der Waals surface area contributed by atoms with E-state index >= 15 is 0 Å². The number of benzene rings is 1. The molecule has 0 radical (unpaired) electrons. The van der Waals surface area contributed by atoms with Crippen molar-refractivity contribution in [3.8, 4) is 11.3 Å². The topological polar surface area (TPSA) is 25.8 Å². The van der Waals surface area contributed by atoms with Gasteiger partial charge in [-0.15, -0.1) is 5.73 Å². The van der Waals surface area contributed by atoms with E-state index < -0.39 is 0 Å². The van der Waals surface area contributed by atoms with Crippen molar-refractivity contribution in [1.29, 1.82) is 0 Å². The van der Waals surface area contributed by atoms with E-state index in [0.29, 0.717) is 0 Å². The molecule has 0 saturated heterocycles. The molecule has 0 fully saturated rings. The van der Waals surface area contributed by atoms with Gasteiger partial charge in [0.2, 0.25) is 0 Å². The average molecular weight is 274 g/mol. The third kappa shape index (κ3) is 2.86. The van der Waals surface area contributed by atoms with Crippen molar-refractivity contribution in [3.05, 3.63) is 70.9 Å². The molecule has 3 rings (SSSR count). The minimum Gasteiger partial charge on any atom is -0.253 e. The molecule has 0 atom stereocenters. The molecule has 1 aliphatic rings. The van der Waals surface area contributed by atoms with Gasteiger partial charge in [0.05, 0.1) is 22.8 Å². The van der Waals surface area contributed by atoms with Crippen LogP contribution in [0.4, 0.5) is 0 Å². The molecule has 0 N–H and O–H groups in total. The highest BCUT2D eigenvalue weighted by Gasteiger charge is 2.14. The summed E-state index contributed by atoms with van der Waals surface area (Å²) in [5.41, 5.74) is 9.57. The van der Waals surface area contributed by atoms with Crippen LogP contribution < -0.4 is 0 Å². The lowest BCUT2D eigenvalue weighted by molar-refractivity contribution is 0.976. The van der Waals surface area contributed by atoms with Crippen LogP contribution in [0.15, 0.2) is 53.8 Å². The number of hydrogen-bond donors (Lipinski definition) is 0. The SMILES string of the molecule is CCC=C=C1C=Cc2nc(-c3ccccc3)c(C)nc2C1. The summed E-state index contributed by atoms with van der Waals surface area (Å²) >= 11 is 0. The molecule has 2 aromatic rings. The van der Waals surface area contributed by atoms with Crippen molar-refractivity contribution in [2.75, 3.05) is 0 Å². The van der Waals surface area contributed by atoms with E-state index in [1.54, 1.807) is 0 Å². The molecule has 0 unspecified atom stereocenters. The van der Waals surface area contributed by atoms with E-state index in [2.05, 4.69) is 36.9 Å². The molecule has 1 aromatic carbocycles. The molecule has 1 aromatic heterocycles. The number of aromatic nitrogens is 2. The number of rotatable bonds is 2. The lowest BCUT2D eigenvalue weighted by Gasteiger charge is -2.14. The predicted molar refractivity (Wildman–Crippen MR) is 86.8 cm³/mol. The van der Waals surface area contributed by atoms with Crippen LogP contribution in [0.1, 0.15) is 30.4 Å². The van der Waals surface area contributed by atoms with Crippen LogP contribution in [0.2, 0.25) is 0 Å². The lowest BCUT2D eigenvalue weighted by Crippen LogP contribution is -2.06. The van der Waals surface area contributed by atoms with E-state index in [1.165, 1.54) is 5.57 Å². The second kappa shape index (κ2) is 5.90. The summed E-state index contributed by atoms with van der Waals surface area (Å²) in [4.78, 5) is 9.56. The van der Waals surface area contributed by atoms with Crippen LogP contribution in [-0.2, 0) is 6.42 Å². The van der Waals surface area contributed by atoms with Crippen LogP contribution in [0.3, 0.4) is 0 Å². The van der Waals surface area contributed by atoms with Gasteiger partial charge in [-0.3, -0.25) is 4.98 Å². The Morgan fingerprint density at radius 3 is 2.71 bits per heavy atom. The summed E-state index contributed by atoms with van der Waals surface area (Å²) in [7, 11) is 0. The van der Waals surface area contributed by atoms with Gasteiger partial charge in [0, 0.05) is 12.0 Å². The Labute approximate surface area is 125 Å². The van der Waals surface area contributed by atoms with Crippen LogP contribution in [0.5, 0.6) is 0 Å². The second-order valence-electron chi connectivity index (χ2n) is 5.15. The average Bonchev–Trinajstić information content (AvgIpc) is 2.53. The summed E-state index contributed by atoms with van der Waals surface area (Å²) < 4.78 is 0. The van der Waals surface area contributed by atoms with E-state index in [0.717, 1.165) is 41.2 Å². The lowest BCUT2D eigenvalue weighted by atomic mass is 10.0. The van der Waals surface area contributed by atoms with Gasteiger partial charge in [-0.25, -0.2) is 4.98 Å². The first-order valence-electron chi connectivity index (χ1n) is 7.33. The molecule has 1 aliphatic carbocycles. The number of nitrogens with zero attached hydrogens (tertiary/aromatic N) is 2. The number of allylic oxidation sites excluding steroid dienone is 2. The second-order valence-corrected chi connectivity index (χ2v) is 5.15. The Hall–Kier alpha value is -2.44. The Bertz CT molecular complexity index is 749. The summed E-state index contributed by atoms with van der Waals surface area (Å²) in [6, 6.07) is 10.2. The Balaban J connectivity index is 2.04. The van der Waals surface area contributed by atoms with E-state index in [4.69, 9.17) is 9.97 Å². The van der Waals surface area contributed by atoms with E-state index in [1.807, 2.05) is 31.2 Å². The molecule has 1 heterocycles. The molecular weight excluding hydrogens is 256 g/mol. The molecule has 2 nitrogen and oxygen atoms in total. The maximum absolute atomic E-state index is 4.80. The minimum absolute atomic E-state index is 0.811. The predicted octanol–water partition coefficient (Wildman–Crippen LogP) is 4.51. The summed E-state index contributed by atoms with van der Waals surface area (Å²) in [5, 5.41) is 0. The van der Waals surface area contributed by atoms with Gasteiger partial charge < -0.3 is 0 Å². The molecule has 104 valence electrons. The van der Waals surface area contributed by atoms with Gasteiger partial charge in [0.1, 0.15) is 0 Å². The summed E-state index contributed by atoms with van der Waals surface area (Å²) in [6.07, 6.45) is 8.01. The van der Waals surface area contributed by atoms with Crippen molar-refractivity contribution in [3.63, 3.8) is 0 Å². The molecule has 0 aliphatic heterocycles. The standard InChI is InChI=1S/C19H18N2/c1-3-4-8-15-11-12-17-18(13-15)20-14(2)19(21-17)16-9-6-5-7-10-16/h4-7,9-12H,3,13H2,1-2H3. The van der Waals surface area contributed by atoms with E-state index in [9.17, 15) is 0 Å². The minimum atomic E-state index is 0.811. The van der Waals surface area contributed by atoms with Gasteiger partial charge in [-0.05, 0) is 37.1 Å². The summed E-state index contributed by atoms with van der Waals surface area (Å²) in [6.45, 7) is 4.14. The van der Waals surface area contributed by atoms with Gasteiger partial charge in [-0.2, -0.15) is 0 Å². The largest absolute Gasteiger partial charge is 0.253 e. The fourth-order valence-corrected chi connectivity index (χ4v) is 2.46. The van der Waals surface area contributed by atoms with Gasteiger partial charge >= 0.3 is 0 Å². The Morgan fingerprint density at radius 1 is 1.14 bits per heavy atom. The molecular formula is C19H18N2. The molecule has 0 saturated carbocycles. The molecule has 0 amide bonds. The van der Waals surface area contributed by atoms with Crippen LogP contribution >= 0.6 is 0 Å². The van der Waals surface area contributed by atoms with Crippen LogP contribution in [-0.4, -0.2) is 9.97 Å². The fourth-order valence-electron chi connectivity index (χ4n) is 2.46. The van der Waals surface area contributed by atoms with Crippen molar-refractivity contribution < 1.29 is 0 Å². The van der Waals surface area contributed by atoms with Crippen molar-refractivity contribution >= 4 is 6.08 Å². The zero-order valence-corrected chi connectivity index (χ0v) is 12.4. The van der Waals surface area contributed by atoms with Crippen molar-refractivity contribution in [2.24, 2.45) is 0 Å². The summed E-state index contributed by atoms with van der Waals surface area (Å²) in [5.74, 6) is 0. The maximum Gasteiger partial charge on any atom is 0.0921 e. The third-order valence-electron chi connectivity index (χ3n) is 3.51. The Kier molecular flexibility index (Phi) is 3.81. The molecule has 0 bridgehead atoms. The van der Waals surface area contributed by atoms with Gasteiger partial charge in [-0.1, -0.05) is 37.3 Å². The number of aryl methyl sites for hydroxylation is 1. The number of hydrogen-bond acceptors (Lipinski definition) is 2. The quantitative estimate of drug-likeness (QED) is 0.753. The first-order valence-corrected chi connectivity index (χ1v) is 7.33. The maximum atomic E-state index is 4.80. The van der Waals surface area contributed by atoms with Gasteiger partial charge in [0.15, 0.2) is 0 Å². The Morgan fingerprint density at radius 2 is 1.95 bits per heavy atom. The third-order valence-corrected chi connectivity index (χ3v) is 3.51. The first-order chi connectivity index (χ1) is 10.3. The normalized spacial score (nSPS) is 12.8. The molecule has 21 heavy (non-hydrogen) atoms. The van der Waals surface area contributed by atoms with Gasteiger partial charge in [0.25, 0.3) is 0 Å². The fraction of sp³-hybridized carbons (Fsp3) is 0.211.